The summed E-state index contributed by atoms with van der Waals surface area (Å²) >= 11 is 1.82. The third-order valence-corrected chi connectivity index (χ3v) is 1.53. The zero-order chi connectivity index (χ0) is 5.54. The maximum atomic E-state index is 3.14. The predicted octanol–water partition coefficient (Wildman–Crippen LogP) is 1.65. The molecule has 1 fully saturated rings. The van der Waals surface area contributed by atoms with Gasteiger partial charge in [0.25, 0.3) is 0 Å². The lowest BCUT2D eigenvalue weighted by Crippen LogP contribution is -1.91. The molecule has 1 N–H and O–H groups in total. The number of hydrogen-bond acceptors (Lipinski definition) is 2. The molecule has 0 radical (unpaired) electrons. The van der Waals surface area contributed by atoms with E-state index < -0.39 is 0 Å². The molecule has 0 aromatic carbocycles. The second kappa shape index (κ2) is 6.31. The molecule has 0 bridgehead atoms. The number of rotatable bonds is 0. The van der Waals surface area contributed by atoms with Crippen molar-refractivity contribution in [2.45, 2.75) is 20.3 Å². The van der Waals surface area contributed by atoms with Gasteiger partial charge in [-0.05, 0) is 6.42 Å². The normalized spacial score (nSPS) is 18.0. The van der Waals surface area contributed by atoms with E-state index in [0.29, 0.717) is 0 Å². The van der Waals surface area contributed by atoms with Crippen molar-refractivity contribution in [1.29, 1.82) is 0 Å². The first-order valence-corrected chi connectivity index (χ1v) is 3.83. The maximum Gasteiger partial charge on any atom is 0.00910 e. The molecular weight excluding hydrogens is 106 g/mol. The molecule has 44 valence electrons. The molecule has 0 aromatic rings. The summed E-state index contributed by atoms with van der Waals surface area (Å²) < 4.78 is 3.14. The first-order chi connectivity index (χ1) is 3.50. The van der Waals surface area contributed by atoms with Gasteiger partial charge in [-0.2, -0.15) is 0 Å². The molecule has 1 rings (SSSR count). The molecule has 1 saturated heterocycles. The Labute approximate surface area is 50.0 Å². The topological polar surface area (TPSA) is 12.0 Å². The van der Waals surface area contributed by atoms with Gasteiger partial charge in [0.1, 0.15) is 0 Å². The van der Waals surface area contributed by atoms with Crippen molar-refractivity contribution in [3.8, 4) is 0 Å². The maximum absolute atomic E-state index is 3.14. The first-order valence-electron chi connectivity index (χ1n) is 2.85. The van der Waals surface area contributed by atoms with E-state index >= 15 is 0 Å². The highest BCUT2D eigenvalue weighted by molar-refractivity contribution is 7.97. The predicted molar refractivity (Wildman–Crippen MR) is 36.4 cm³/mol. The monoisotopic (exact) mass is 119 g/mol. The van der Waals surface area contributed by atoms with Crippen LogP contribution in [0.3, 0.4) is 0 Å². The van der Waals surface area contributed by atoms with Gasteiger partial charge in [-0.1, -0.05) is 25.8 Å². The Morgan fingerprint density at radius 1 is 1.43 bits per heavy atom. The Kier molecular flexibility index (Phi) is 6.59. The lowest BCUT2D eigenvalue weighted by atomic mass is 10.5. The molecule has 0 saturated carbocycles. The molecule has 1 heterocycles. The van der Waals surface area contributed by atoms with E-state index in [1.165, 1.54) is 18.7 Å². The van der Waals surface area contributed by atoms with Gasteiger partial charge in [-0.15, -0.1) is 0 Å². The van der Waals surface area contributed by atoms with Gasteiger partial charge in [0, 0.05) is 12.3 Å². The molecule has 0 unspecified atom stereocenters. The highest BCUT2D eigenvalue weighted by atomic mass is 32.2. The molecule has 0 atom stereocenters. The van der Waals surface area contributed by atoms with Gasteiger partial charge in [0.2, 0.25) is 0 Å². The lowest BCUT2D eigenvalue weighted by molar-refractivity contribution is 0.940. The van der Waals surface area contributed by atoms with E-state index in [9.17, 15) is 0 Å². The lowest BCUT2D eigenvalue weighted by Gasteiger charge is -1.75. The van der Waals surface area contributed by atoms with Crippen molar-refractivity contribution >= 4 is 11.9 Å². The van der Waals surface area contributed by atoms with E-state index in [0.717, 1.165) is 0 Å². The Morgan fingerprint density at radius 2 is 2.14 bits per heavy atom. The van der Waals surface area contributed by atoms with Gasteiger partial charge in [0.05, 0.1) is 0 Å². The highest BCUT2D eigenvalue weighted by Gasteiger charge is 1.94. The minimum atomic E-state index is 1.21. The summed E-state index contributed by atoms with van der Waals surface area (Å²) in [6, 6.07) is 0. The zero-order valence-corrected chi connectivity index (χ0v) is 5.85. The van der Waals surface area contributed by atoms with Crippen LogP contribution in [0.2, 0.25) is 0 Å². The fraction of sp³-hybridized carbons (Fsp3) is 1.00. The molecule has 2 heteroatoms. The number of nitrogens with one attached hydrogen (secondary N) is 1. The van der Waals surface area contributed by atoms with Crippen LogP contribution in [-0.4, -0.2) is 12.3 Å². The summed E-state index contributed by atoms with van der Waals surface area (Å²) in [5, 5.41) is 0. The molecular formula is C5H13NS. The van der Waals surface area contributed by atoms with Crippen LogP contribution < -0.4 is 4.72 Å². The average Bonchev–Trinajstić information content (AvgIpc) is 2.23. The smallest absolute Gasteiger partial charge is 0.00910 e. The first kappa shape index (κ1) is 7.31. The van der Waals surface area contributed by atoms with E-state index in [-0.39, 0.29) is 0 Å². The van der Waals surface area contributed by atoms with E-state index in [1.54, 1.807) is 0 Å². The van der Waals surface area contributed by atoms with Gasteiger partial charge < -0.3 is 0 Å². The van der Waals surface area contributed by atoms with Crippen LogP contribution in [0.25, 0.3) is 0 Å². The van der Waals surface area contributed by atoms with Crippen LogP contribution in [-0.2, 0) is 0 Å². The third kappa shape index (κ3) is 4.16. The van der Waals surface area contributed by atoms with E-state index in [2.05, 4.69) is 4.72 Å². The number of hydrogen-bond donors (Lipinski definition) is 1. The van der Waals surface area contributed by atoms with Crippen molar-refractivity contribution in [2.75, 3.05) is 12.3 Å². The SMILES string of the molecule is C1CNSC1.CC. The second-order valence-corrected chi connectivity index (χ2v) is 2.08. The van der Waals surface area contributed by atoms with Crippen molar-refractivity contribution in [3.05, 3.63) is 0 Å². The van der Waals surface area contributed by atoms with Crippen LogP contribution in [0, 0.1) is 0 Å². The highest BCUT2D eigenvalue weighted by Crippen LogP contribution is 2.02. The van der Waals surface area contributed by atoms with Crippen molar-refractivity contribution in [3.63, 3.8) is 0 Å². The summed E-state index contributed by atoms with van der Waals surface area (Å²) in [6.07, 6.45) is 1.35. The van der Waals surface area contributed by atoms with Crippen molar-refractivity contribution < 1.29 is 0 Å². The molecule has 7 heavy (non-hydrogen) atoms. The zero-order valence-electron chi connectivity index (χ0n) is 5.03. The van der Waals surface area contributed by atoms with Crippen LogP contribution in [0.1, 0.15) is 20.3 Å². The fourth-order valence-corrected chi connectivity index (χ4v) is 1.08. The van der Waals surface area contributed by atoms with Crippen LogP contribution in [0.4, 0.5) is 0 Å². The molecule has 1 aliphatic heterocycles. The Morgan fingerprint density at radius 3 is 2.29 bits per heavy atom. The van der Waals surface area contributed by atoms with E-state index in [1.807, 2.05) is 25.8 Å². The second-order valence-electron chi connectivity index (χ2n) is 1.10. The minimum Gasteiger partial charge on any atom is -0.264 e. The van der Waals surface area contributed by atoms with Crippen LogP contribution >= 0.6 is 11.9 Å². The van der Waals surface area contributed by atoms with Gasteiger partial charge >= 0.3 is 0 Å². The summed E-state index contributed by atoms with van der Waals surface area (Å²) in [4.78, 5) is 0. The molecule has 0 aromatic heterocycles. The van der Waals surface area contributed by atoms with Crippen LogP contribution in [0.15, 0.2) is 0 Å². The molecule has 0 aliphatic carbocycles. The fourth-order valence-electron chi connectivity index (χ4n) is 0.361. The standard InChI is InChI=1S/C3H7NS.C2H6/c1-2-4-5-3-1;1-2/h4H,1-3H2;1-2H3. The average molecular weight is 119 g/mol. The van der Waals surface area contributed by atoms with Gasteiger partial charge in [-0.25, -0.2) is 0 Å². The minimum absolute atomic E-state index is 1.21. The largest absolute Gasteiger partial charge is 0.264 e. The molecule has 1 nitrogen and oxygen atoms in total. The quantitative estimate of drug-likeness (QED) is 0.487. The van der Waals surface area contributed by atoms with E-state index in [4.69, 9.17) is 0 Å². The third-order valence-electron chi connectivity index (χ3n) is 0.627. The summed E-state index contributed by atoms with van der Waals surface area (Å²) in [5.41, 5.74) is 0. The van der Waals surface area contributed by atoms with Crippen molar-refractivity contribution in [2.24, 2.45) is 0 Å². The summed E-state index contributed by atoms with van der Waals surface area (Å²) in [7, 11) is 0. The molecule has 0 amide bonds. The van der Waals surface area contributed by atoms with Crippen molar-refractivity contribution in [1.82, 2.24) is 4.72 Å². The van der Waals surface area contributed by atoms with Gasteiger partial charge in [-0.3, -0.25) is 4.72 Å². The van der Waals surface area contributed by atoms with Crippen LogP contribution in [0.5, 0.6) is 0 Å². The Hall–Kier alpha value is 0.310. The van der Waals surface area contributed by atoms with Gasteiger partial charge in [0.15, 0.2) is 0 Å². The summed E-state index contributed by atoms with van der Waals surface area (Å²) in [6.45, 7) is 5.21. The summed E-state index contributed by atoms with van der Waals surface area (Å²) in [5.74, 6) is 1.31. The molecule has 0 spiro atoms. The molecule has 1 aliphatic rings. The Balaban J connectivity index is 0.000000162. The Bertz CT molecular complexity index is 19.7.